The third-order valence-corrected chi connectivity index (χ3v) is 8.05. The van der Waals surface area contributed by atoms with E-state index in [1.165, 1.54) is 29.6 Å². The standard InChI is InChI=1S/C23H27ClN2O6S/c1-15-7-4-5-12-26(15)33(29,30)21-13-17(10-11-20(21)31-3)23(28)32-14-22(27)25-19-9-6-8-18(24)16(19)2/h6,8-11,13,15H,4-5,7,12,14H2,1-3H3,(H,25,27). The van der Waals surface area contributed by atoms with Crippen LogP contribution < -0.4 is 10.1 Å². The average molecular weight is 495 g/mol. The highest BCUT2D eigenvalue weighted by atomic mass is 35.5. The first-order valence-electron chi connectivity index (χ1n) is 10.6. The zero-order valence-electron chi connectivity index (χ0n) is 18.8. The first-order valence-corrected chi connectivity index (χ1v) is 12.4. The predicted molar refractivity (Wildman–Crippen MR) is 125 cm³/mol. The molecule has 0 spiro atoms. The Morgan fingerprint density at radius 3 is 2.67 bits per heavy atom. The highest BCUT2D eigenvalue weighted by Crippen LogP contribution is 2.32. The van der Waals surface area contributed by atoms with Gasteiger partial charge in [-0.1, -0.05) is 24.1 Å². The highest BCUT2D eigenvalue weighted by molar-refractivity contribution is 7.89. The summed E-state index contributed by atoms with van der Waals surface area (Å²) in [5.41, 5.74) is 1.21. The minimum Gasteiger partial charge on any atom is -0.495 e. The third kappa shape index (κ3) is 5.66. The van der Waals surface area contributed by atoms with Crippen LogP contribution in [0.3, 0.4) is 0 Å². The molecule has 1 amide bonds. The summed E-state index contributed by atoms with van der Waals surface area (Å²) in [5.74, 6) is -1.23. The van der Waals surface area contributed by atoms with Crippen LogP contribution in [0.25, 0.3) is 0 Å². The largest absolute Gasteiger partial charge is 0.495 e. The van der Waals surface area contributed by atoms with Crippen molar-refractivity contribution in [2.45, 2.75) is 44.0 Å². The van der Waals surface area contributed by atoms with Crippen LogP contribution in [0.1, 0.15) is 42.1 Å². The summed E-state index contributed by atoms with van der Waals surface area (Å²) in [7, 11) is -2.51. The fourth-order valence-electron chi connectivity index (χ4n) is 3.70. The number of nitrogens with one attached hydrogen (secondary N) is 1. The van der Waals surface area contributed by atoms with Gasteiger partial charge in [0.15, 0.2) is 6.61 Å². The Balaban J connectivity index is 1.74. The first-order chi connectivity index (χ1) is 15.6. The molecule has 0 saturated carbocycles. The number of benzene rings is 2. The van der Waals surface area contributed by atoms with E-state index in [2.05, 4.69) is 5.32 Å². The molecule has 1 atom stereocenters. The first kappa shape index (κ1) is 25.0. The molecule has 2 aromatic carbocycles. The number of sulfonamides is 1. The molecule has 0 aromatic heterocycles. The molecule has 10 heteroatoms. The van der Waals surface area contributed by atoms with Crippen molar-refractivity contribution < 1.29 is 27.5 Å². The number of carbonyl (C=O) groups excluding carboxylic acids is 2. The lowest BCUT2D eigenvalue weighted by atomic mass is 10.1. The molecule has 1 unspecified atom stereocenters. The number of nitrogens with zero attached hydrogens (tertiary/aromatic N) is 1. The second-order valence-corrected chi connectivity index (χ2v) is 10.1. The van der Waals surface area contributed by atoms with Gasteiger partial charge in [0.25, 0.3) is 5.91 Å². The van der Waals surface area contributed by atoms with Gasteiger partial charge >= 0.3 is 5.97 Å². The van der Waals surface area contributed by atoms with Crippen molar-refractivity contribution in [1.29, 1.82) is 0 Å². The molecular weight excluding hydrogens is 468 g/mol. The van der Waals surface area contributed by atoms with E-state index in [9.17, 15) is 18.0 Å². The minimum absolute atomic E-state index is 0.00535. The molecule has 0 aliphatic carbocycles. The van der Waals surface area contributed by atoms with Crippen molar-refractivity contribution in [1.82, 2.24) is 4.31 Å². The molecule has 1 fully saturated rings. The predicted octanol–water partition coefficient (Wildman–Crippen LogP) is 4.02. The van der Waals surface area contributed by atoms with Gasteiger partial charge in [0.1, 0.15) is 10.6 Å². The zero-order valence-corrected chi connectivity index (χ0v) is 20.3. The summed E-state index contributed by atoms with van der Waals surface area (Å²) in [6.07, 6.45) is 2.51. The summed E-state index contributed by atoms with van der Waals surface area (Å²) < 4.78 is 38.4. The van der Waals surface area contributed by atoms with Crippen molar-refractivity contribution in [2.24, 2.45) is 0 Å². The molecule has 1 N–H and O–H groups in total. The van der Waals surface area contributed by atoms with Gasteiger partial charge in [-0.3, -0.25) is 4.79 Å². The number of anilines is 1. The number of amides is 1. The maximum Gasteiger partial charge on any atom is 0.338 e. The molecule has 1 saturated heterocycles. The molecule has 178 valence electrons. The van der Waals surface area contributed by atoms with Crippen molar-refractivity contribution in [3.8, 4) is 5.75 Å². The van der Waals surface area contributed by atoms with Gasteiger partial charge in [0.2, 0.25) is 10.0 Å². The normalized spacial score (nSPS) is 16.8. The quantitative estimate of drug-likeness (QED) is 0.583. The third-order valence-electron chi connectivity index (χ3n) is 5.60. The number of rotatable bonds is 7. The Labute approximate surface area is 198 Å². The van der Waals surface area contributed by atoms with Crippen molar-refractivity contribution in [2.75, 3.05) is 25.6 Å². The van der Waals surface area contributed by atoms with E-state index < -0.39 is 28.5 Å². The molecule has 1 heterocycles. The highest BCUT2D eigenvalue weighted by Gasteiger charge is 2.33. The summed E-state index contributed by atoms with van der Waals surface area (Å²) >= 11 is 6.05. The van der Waals surface area contributed by atoms with E-state index in [1.807, 2.05) is 6.92 Å². The summed E-state index contributed by atoms with van der Waals surface area (Å²) in [6.45, 7) is 3.49. The number of hydrogen-bond donors (Lipinski definition) is 1. The van der Waals surface area contributed by atoms with E-state index in [0.29, 0.717) is 22.8 Å². The number of piperidine rings is 1. The van der Waals surface area contributed by atoms with Crippen LogP contribution in [0.2, 0.25) is 5.02 Å². The van der Waals surface area contributed by atoms with Crippen LogP contribution >= 0.6 is 11.6 Å². The second kappa shape index (κ2) is 10.5. The van der Waals surface area contributed by atoms with Gasteiger partial charge in [-0.15, -0.1) is 0 Å². The van der Waals surface area contributed by atoms with E-state index >= 15 is 0 Å². The van der Waals surface area contributed by atoms with Crippen LogP contribution in [0, 0.1) is 6.92 Å². The van der Waals surface area contributed by atoms with Crippen LogP contribution in [-0.2, 0) is 19.6 Å². The van der Waals surface area contributed by atoms with Crippen LogP contribution in [-0.4, -0.2) is 50.9 Å². The summed E-state index contributed by atoms with van der Waals surface area (Å²) in [6, 6.07) is 8.97. The molecule has 3 rings (SSSR count). The Bertz CT molecular complexity index is 1150. The summed E-state index contributed by atoms with van der Waals surface area (Å²) in [5, 5.41) is 3.14. The molecule has 0 radical (unpaired) electrons. The van der Waals surface area contributed by atoms with Gasteiger partial charge in [0.05, 0.1) is 12.7 Å². The maximum absolute atomic E-state index is 13.3. The zero-order chi connectivity index (χ0) is 24.2. The van der Waals surface area contributed by atoms with Crippen molar-refractivity contribution in [3.05, 3.63) is 52.5 Å². The molecule has 1 aliphatic heterocycles. The van der Waals surface area contributed by atoms with Gasteiger partial charge in [-0.25, -0.2) is 13.2 Å². The molecule has 0 bridgehead atoms. The van der Waals surface area contributed by atoms with Gasteiger partial charge in [0, 0.05) is 23.3 Å². The van der Waals surface area contributed by atoms with Gasteiger partial charge < -0.3 is 14.8 Å². The number of ether oxygens (including phenoxy) is 2. The van der Waals surface area contributed by atoms with E-state index in [4.69, 9.17) is 21.1 Å². The van der Waals surface area contributed by atoms with E-state index in [0.717, 1.165) is 19.3 Å². The average Bonchev–Trinajstić information content (AvgIpc) is 2.80. The summed E-state index contributed by atoms with van der Waals surface area (Å²) in [4.78, 5) is 24.7. The van der Waals surface area contributed by atoms with Crippen LogP contribution in [0.15, 0.2) is 41.3 Å². The SMILES string of the molecule is COc1ccc(C(=O)OCC(=O)Nc2cccc(Cl)c2C)cc1S(=O)(=O)N1CCCCC1C. The molecule has 1 aliphatic rings. The monoisotopic (exact) mass is 494 g/mol. The fourth-order valence-corrected chi connectivity index (χ4v) is 5.76. The Hall–Kier alpha value is -2.62. The topological polar surface area (TPSA) is 102 Å². The van der Waals surface area contributed by atoms with Crippen LogP contribution in [0.5, 0.6) is 5.75 Å². The number of halogens is 1. The number of methoxy groups -OCH3 is 1. The van der Waals surface area contributed by atoms with E-state index in [-0.39, 0.29) is 22.3 Å². The Morgan fingerprint density at radius 2 is 1.97 bits per heavy atom. The Kier molecular flexibility index (Phi) is 7.99. The smallest absolute Gasteiger partial charge is 0.338 e. The number of carbonyl (C=O) groups is 2. The van der Waals surface area contributed by atoms with Gasteiger partial charge in [-0.2, -0.15) is 4.31 Å². The minimum atomic E-state index is -3.88. The van der Waals surface area contributed by atoms with E-state index in [1.54, 1.807) is 25.1 Å². The number of hydrogen-bond acceptors (Lipinski definition) is 6. The lowest BCUT2D eigenvalue weighted by Gasteiger charge is -2.32. The van der Waals surface area contributed by atoms with Crippen molar-refractivity contribution >= 4 is 39.2 Å². The second-order valence-electron chi connectivity index (χ2n) is 7.86. The van der Waals surface area contributed by atoms with Crippen LogP contribution in [0.4, 0.5) is 5.69 Å². The maximum atomic E-state index is 13.3. The fraction of sp³-hybridized carbons (Fsp3) is 0.391. The van der Waals surface area contributed by atoms with Gasteiger partial charge in [-0.05, 0) is 62.6 Å². The number of esters is 1. The Morgan fingerprint density at radius 1 is 1.21 bits per heavy atom. The molecular formula is C23H27ClN2O6S. The molecule has 8 nitrogen and oxygen atoms in total. The molecule has 2 aromatic rings. The lowest BCUT2D eigenvalue weighted by molar-refractivity contribution is -0.119. The molecule has 33 heavy (non-hydrogen) atoms. The lowest BCUT2D eigenvalue weighted by Crippen LogP contribution is -2.42. The van der Waals surface area contributed by atoms with Crippen molar-refractivity contribution in [3.63, 3.8) is 0 Å².